The fraction of sp³-hybridized carbons (Fsp3) is 0.0400. The summed E-state index contributed by atoms with van der Waals surface area (Å²) in [6, 6.07) is 27.8. The molecule has 0 aliphatic carbocycles. The Balaban J connectivity index is 1.71. The highest BCUT2D eigenvalue weighted by atomic mass is 19.1. The topological polar surface area (TPSA) is 4.93 Å². The molecule has 5 rings (SSSR count). The van der Waals surface area contributed by atoms with Crippen LogP contribution in [0.4, 0.5) is 8.78 Å². The van der Waals surface area contributed by atoms with Gasteiger partial charge in [0.2, 0.25) is 0 Å². The number of fused-ring (bicyclic) bond motifs is 3. The molecule has 4 aromatic carbocycles. The van der Waals surface area contributed by atoms with Crippen LogP contribution in [0.25, 0.3) is 27.5 Å². The summed E-state index contributed by atoms with van der Waals surface area (Å²) in [5.74, 6) is -0.475. The van der Waals surface area contributed by atoms with E-state index in [9.17, 15) is 8.78 Å². The van der Waals surface area contributed by atoms with Crippen molar-refractivity contribution in [2.75, 3.05) is 0 Å². The van der Waals surface area contributed by atoms with Gasteiger partial charge in [0.25, 0.3) is 0 Å². The predicted octanol–water partition coefficient (Wildman–Crippen LogP) is 6.65. The maximum atomic E-state index is 13.5. The zero-order chi connectivity index (χ0) is 19.1. The van der Waals surface area contributed by atoms with Gasteiger partial charge in [0.1, 0.15) is 11.6 Å². The average Bonchev–Trinajstić information content (AvgIpc) is 3.04. The summed E-state index contributed by atoms with van der Waals surface area (Å²) in [4.78, 5) is 0. The lowest BCUT2D eigenvalue weighted by molar-refractivity contribution is 0.627. The SMILES string of the molecule is Fc1ccc(Cc2ccc3c4ccccc4n(-c4ccc(F)cc4)c3c2)cc1. The number of rotatable bonds is 3. The number of benzene rings is 4. The van der Waals surface area contributed by atoms with Crippen molar-refractivity contribution in [1.82, 2.24) is 4.57 Å². The molecule has 0 spiro atoms. The summed E-state index contributed by atoms with van der Waals surface area (Å²) in [5.41, 5.74) is 5.29. The number of hydrogen-bond donors (Lipinski definition) is 0. The lowest BCUT2D eigenvalue weighted by atomic mass is 10.0. The van der Waals surface area contributed by atoms with Crippen LogP contribution in [0.15, 0.2) is 91.0 Å². The van der Waals surface area contributed by atoms with Gasteiger partial charge in [-0.15, -0.1) is 0 Å². The van der Waals surface area contributed by atoms with Gasteiger partial charge in [-0.2, -0.15) is 0 Å². The molecule has 0 saturated carbocycles. The van der Waals surface area contributed by atoms with Crippen LogP contribution in [0.2, 0.25) is 0 Å². The van der Waals surface area contributed by atoms with Gasteiger partial charge in [0, 0.05) is 16.5 Å². The van der Waals surface area contributed by atoms with Crippen molar-refractivity contribution >= 4 is 21.8 Å². The van der Waals surface area contributed by atoms with Crippen LogP contribution in [0.3, 0.4) is 0 Å². The smallest absolute Gasteiger partial charge is 0.123 e. The molecule has 28 heavy (non-hydrogen) atoms. The molecule has 3 heteroatoms. The van der Waals surface area contributed by atoms with E-state index >= 15 is 0 Å². The van der Waals surface area contributed by atoms with Crippen molar-refractivity contribution in [3.8, 4) is 5.69 Å². The maximum Gasteiger partial charge on any atom is 0.123 e. The molecule has 0 atom stereocenters. The lowest BCUT2D eigenvalue weighted by Crippen LogP contribution is -1.95. The Morgan fingerprint density at radius 3 is 1.93 bits per heavy atom. The minimum atomic E-state index is -0.249. The van der Waals surface area contributed by atoms with Crippen molar-refractivity contribution < 1.29 is 8.78 Å². The normalized spacial score (nSPS) is 11.4. The molecule has 0 radical (unpaired) electrons. The molecule has 0 N–H and O–H groups in total. The van der Waals surface area contributed by atoms with Crippen LogP contribution < -0.4 is 0 Å². The van der Waals surface area contributed by atoms with Crippen molar-refractivity contribution in [1.29, 1.82) is 0 Å². The second-order valence-corrected chi connectivity index (χ2v) is 6.98. The summed E-state index contributed by atoms with van der Waals surface area (Å²) in [7, 11) is 0. The standard InChI is InChI=1S/C25H17F2N/c26-19-8-5-17(6-9-19)15-18-7-14-23-22-3-1-2-4-24(22)28(25(23)16-18)21-12-10-20(27)11-13-21/h1-14,16H,15H2. The first kappa shape index (κ1) is 16.7. The predicted molar refractivity (Wildman–Crippen MR) is 110 cm³/mol. The quantitative estimate of drug-likeness (QED) is 0.335. The number of halogens is 2. The zero-order valence-electron chi connectivity index (χ0n) is 15.1. The highest BCUT2D eigenvalue weighted by Gasteiger charge is 2.12. The average molecular weight is 369 g/mol. The minimum absolute atomic E-state index is 0.226. The van der Waals surface area contributed by atoms with Gasteiger partial charge >= 0.3 is 0 Å². The van der Waals surface area contributed by atoms with Gasteiger partial charge in [-0.1, -0.05) is 42.5 Å². The Morgan fingerprint density at radius 1 is 0.571 bits per heavy atom. The van der Waals surface area contributed by atoms with E-state index < -0.39 is 0 Å². The van der Waals surface area contributed by atoms with E-state index in [1.165, 1.54) is 24.3 Å². The highest BCUT2D eigenvalue weighted by Crippen LogP contribution is 2.33. The zero-order valence-corrected chi connectivity index (χ0v) is 15.1. The number of hydrogen-bond acceptors (Lipinski definition) is 0. The Hall–Kier alpha value is -3.46. The Bertz CT molecular complexity index is 1280. The van der Waals surface area contributed by atoms with Crippen molar-refractivity contribution in [3.63, 3.8) is 0 Å². The van der Waals surface area contributed by atoms with Gasteiger partial charge in [0.15, 0.2) is 0 Å². The van der Waals surface area contributed by atoms with E-state index in [1.807, 2.05) is 24.3 Å². The van der Waals surface area contributed by atoms with E-state index in [-0.39, 0.29) is 11.6 Å². The summed E-state index contributed by atoms with van der Waals surface area (Å²) >= 11 is 0. The monoisotopic (exact) mass is 369 g/mol. The second kappa shape index (κ2) is 6.61. The molecule has 1 aromatic heterocycles. The van der Waals surface area contributed by atoms with Crippen LogP contribution in [0.5, 0.6) is 0 Å². The van der Waals surface area contributed by atoms with Crippen molar-refractivity contribution in [2.24, 2.45) is 0 Å². The third-order valence-corrected chi connectivity index (χ3v) is 5.14. The molecule has 0 aliphatic heterocycles. The molecule has 0 amide bonds. The molecule has 1 nitrogen and oxygen atoms in total. The summed E-state index contributed by atoms with van der Waals surface area (Å²) in [6.07, 6.45) is 0.723. The third kappa shape index (κ3) is 2.85. The number of para-hydroxylation sites is 1. The van der Waals surface area contributed by atoms with Crippen molar-refractivity contribution in [2.45, 2.75) is 6.42 Å². The number of aromatic nitrogens is 1. The van der Waals surface area contributed by atoms with E-state index in [1.54, 1.807) is 12.1 Å². The van der Waals surface area contributed by atoms with Gasteiger partial charge in [-0.05, 0) is 66.1 Å². The van der Waals surface area contributed by atoms with E-state index in [0.29, 0.717) is 0 Å². The molecular weight excluding hydrogens is 352 g/mol. The summed E-state index contributed by atoms with van der Waals surface area (Å²) in [5, 5.41) is 2.32. The van der Waals surface area contributed by atoms with Gasteiger partial charge in [0.05, 0.1) is 11.0 Å². The van der Waals surface area contributed by atoms with E-state index in [2.05, 4.69) is 34.9 Å². The molecule has 0 aliphatic rings. The first-order chi connectivity index (χ1) is 13.7. The Morgan fingerprint density at radius 2 is 1.18 bits per heavy atom. The first-order valence-corrected chi connectivity index (χ1v) is 9.21. The van der Waals surface area contributed by atoms with Gasteiger partial charge in [-0.3, -0.25) is 0 Å². The molecule has 1 heterocycles. The summed E-state index contributed by atoms with van der Waals surface area (Å²) < 4.78 is 28.8. The van der Waals surface area contributed by atoms with Crippen LogP contribution in [-0.2, 0) is 6.42 Å². The van der Waals surface area contributed by atoms with Gasteiger partial charge < -0.3 is 4.57 Å². The Labute approximate surface area is 161 Å². The number of nitrogens with zero attached hydrogens (tertiary/aromatic N) is 1. The second-order valence-electron chi connectivity index (χ2n) is 6.98. The van der Waals surface area contributed by atoms with Crippen LogP contribution in [0.1, 0.15) is 11.1 Å². The van der Waals surface area contributed by atoms with Crippen molar-refractivity contribution in [3.05, 3.63) is 114 Å². The Kier molecular flexibility index (Phi) is 3.94. The maximum absolute atomic E-state index is 13.5. The third-order valence-electron chi connectivity index (χ3n) is 5.14. The molecule has 136 valence electrons. The summed E-state index contributed by atoms with van der Waals surface area (Å²) in [6.45, 7) is 0. The molecular formula is C25H17F2N. The molecule has 0 bridgehead atoms. The molecule has 0 saturated heterocycles. The van der Waals surface area contributed by atoms with Crippen LogP contribution >= 0.6 is 0 Å². The van der Waals surface area contributed by atoms with E-state index in [0.717, 1.165) is 45.0 Å². The van der Waals surface area contributed by atoms with Gasteiger partial charge in [-0.25, -0.2) is 8.78 Å². The first-order valence-electron chi connectivity index (χ1n) is 9.21. The molecule has 5 aromatic rings. The minimum Gasteiger partial charge on any atom is -0.309 e. The van der Waals surface area contributed by atoms with Crippen LogP contribution in [0, 0.1) is 11.6 Å². The van der Waals surface area contributed by atoms with E-state index in [4.69, 9.17) is 0 Å². The largest absolute Gasteiger partial charge is 0.309 e. The van der Waals surface area contributed by atoms with Crippen LogP contribution in [-0.4, -0.2) is 4.57 Å². The highest BCUT2D eigenvalue weighted by molar-refractivity contribution is 6.09. The molecule has 0 unspecified atom stereocenters. The fourth-order valence-electron chi connectivity index (χ4n) is 3.83. The molecule has 0 fully saturated rings. The lowest BCUT2D eigenvalue weighted by Gasteiger charge is -2.09. The fourth-order valence-corrected chi connectivity index (χ4v) is 3.83.